The number of amidine groups is 1. The summed E-state index contributed by atoms with van der Waals surface area (Å²) in [6, 6.07) is 3.70. The Morgan fingerprint density at radius 2 is 2.24 bits per heavy atom. The number of unbranched alkanes of at least 4 members (excludes halogenated alkanes) is 1. The molecule has 0 bridgehead atoms. The van der Waals surface area contributed by atoms with Crippen molar-refractivity contribution in [3.63, 3.8) is 0 Å². The maximum absolute atomic E-state index is 8.62. The molecule has 0 fully saturated rings. The summed E-state index contributed by atoms with van der Waals surface area (Å²) in [6.45, 7) is 3.68. The van der Waals surface area contributed by atoms with Crippen molar-refractivity contribution in [1.82, 2.24) is 10.3 Å². The van der Waals surface area contributed by atoms with Gasteiger partial charge in [-0.15, -0.1) is 0 Å². The van der Waals surface area contributed by atoms with Crippen molar-refractivity contribution >= 4 is 5.84 Å². The molecular formula is C14H24N4O3. The van der Waals surface area contributed by atoms with Crippen LogP contribution in [0.2, 0.25) is 0 Å². The van der Waals surface area contributed by atoms with Gasteiger partial charge in [0.15, 0.2) is 5.84 Å². The maximum Gasteiger partial charge on any atom is 0.188 e. The van der Waals surface area contributed by atoms with E-state index in [4.69, 9.17) is 20.4 Å². The SMILES string of the molecule is COCCOCCCCNCc1ccnc(/C(N)=N/O)c1. The first-order valence-electron chi connectivity index (χ1n) is 6.98. The van der Waals surface area contributed by atoms with Crippen molar-refractivity contribution in [2.75, 3.05) is 33.5 Å². The second kappa shape index (κ2) is 11.0. The molecule has 0 saturated heterocycles. The van der Waals surface area contributed by atoms with Crippen LogP contribution in [0.25, 0.3) is 0 Å². The number of aromatic nitrogens is 1. The summed E-state index contributed by atoms with van der Waals surface area (Å²) in [6.07, 6.45) is 3.71. The van der Waals surface area contributed by atoms with Gasteiger partial charge in [-0.1, -0.05) is 5.16 Å². The van der Waals surface area contributed by atoms with Crippen LogP contribution in [-0.4, -0.2) is 49.5 Å². The largest absolute Gasteiger partial charge is 0.409 e. The zero-order valence-corrected chi connectivity index (χ0v) is 12.4. The predicted octanol–water partition coefficient (Wildman–Crippen LogP) is 0.709. The quantitative estimate of drug-likeness (QED) is 0.183. The number of pyridine rings is 1. The van der Waals surface area contributed by atoms with Crippen LogP contribution in [0.5, 0.6) is 0 Å². The molecule has 1 aromatic heterocycles. The van der Waals surface area contributed by atoms with Gasteiger partial charge in [-0.05, 0) is 37.1 Å². The van der Waals surface area contributed by atoms with Gasteiger partial charge < -0.3 is 25.7 Å². The Morgan fingerprint density at radius 3 is 3.00 bits per heavy atom. The number of hydrogen-bond donors (Lipinski definition) is 3. The maximum atomic E-state index is 8.62. The molecule has 4 N–H and O–H groups in total. The number of hydrogen-bond acceptors (Lipinski definition) is 6. The molecule has 21 heavy (non-hydrogen) atoms. The highest BCUT2D eigenvalue weighted by molar-refractivity contribution is 5.95. The number of rotatable bonds is 11. The van der Waals surface area contributed by atoms with E-state index in [0.717, 1.165) is 38.1 Å². The number of ether oxygens (including phenoxy) is 2. The Hall–Kier alpha value is -1.70. The molecular weight excluding hydrogens is 272 g/mol. The van der Waals surface area contributed by atoms with Crippen molar-refractivity contribution in [2.45, 2.75) is 19.4 Å². The van der Waals surface area contributed by atoms with Crippen LogP contribution in [-0.2, 0) is 16.0 Å². The third kappa shape index (κ3) is 7.60. The second-order valence-corrected chi connectivity index (χ2v) is 4.52. The first-order chi connectivity index (χ1) is 10.3. The summed E-state index contributed by atoms with van der Waals surface area (Å²) in [5, 5.41) is 14.9. The zero-order chi connectivity index (χ0) is 15.3. The first kappa shape index (κ1) is 17.4. The van der Waals surface area contributed by atoms with Gasteiger partial charge >= 0.3 is 0 Å². The molecule has 0 spiro atoms. The van der Waals surface area contributed by atoms with Gasteiger partial charge in [-0.25, -0.2) is 0 Å². The lowest BCUT2D eigenvalue weighted by Crippen LogP contribution is -2.18. The smallest absolute Gasteiger partial charge is 0.188 e. The number of methoxy groups -OCH3 is 1. The van der Waals surface area contributed by atoms with E-state index in [1.165, 1.54) is 0 Å². The van der Waals surface area contributed by atoms with Crippen LogP contribution in [0.1, 0.15) is 24.1 Å². The number of nitrogens with zero attached hydrogens (tertiary/aromatic N) is 2. The molecule has 0 aliphatic heterocycles. The average molecular weight is 296 g/mol. The normalized spacial score (nSPS) is 11.8. The fourth-order valence-corrected chi connectivity index (χ4v) is 1.71. The van der Waals surface area contributed by atoms with Gasteiger partial charge in [-0.3, -0.25) is 4.98 Å². The van der Waals surface area contributed by atoms with Crippen LogP contribution in [0.15, 0.2) is 23.5 Å². The Labute approximate surface area is 125 Å². The van der Waals surface area contributed by atoms with Gasteiger partial charge in [-0.2, -0.15) is 0 Å². The minimum absolute atomic E-state index is 0.0186. The predicted molar refractivity (Wildman–Crippen MR) is 80.4 cm³/mol. The van der Waals surface area contributed by atoms with Crippen molar-refractivity contribution in [3.8, 4) is 0 Å². The van der Waals surface area contributed by atoms with Gasteiger partial charge in [0.2, 0.25) is 0 Å². The topological polar surface area (TPSA) is 102 Å². The van der Waals surface area contributed by atoms with E-state index in [-0.39, 0.29) is 5.84 Å². The molecule has 0 atom stereocenters. The molecule has 1 heterocycles. The summed E-state index contributed by atoms with van der Waals surface area (Å²) in [7, 11) is 1.66. The van der Waals surface area contributed by atoms with Crippen molar-refractivity contribution in [3.05, 3.63) is 29.6 Å². The van der Waals surface area contributed by atoms with Crippen LogP contribution >= 0.6 is 0 Å². The standard InChI is InChI=1S/C14H24N4O3/c1-20-8-9-21-7-3-2-5-16-11-12-4-6-17-13(10-12)14(15)18-19/h4,6,10,16,19H,2-3,5,7-9,11H2,1H3,(H2,15,18). The number of nitrogens with two attached hydrogens (primary N) is 1. The molecule has 7 nitrogen and oxygen atoms in total. The summed E-state index contributed by atoms with van der Waals surface area (Å²) in [4.78, 5) is 4.03. The van der Waals surface area contributed by atoms with E-state index in [0.29, 0.717) is 18.9 Å². The molecule has 0 unspecified atom stereocenters. The van der Waals surface area contributed by atoms with Gasteiger partial charge in [0.1, 0.15) is 5.69 Å². The third-order valence-corrected chi connectivity index (χ3v) is 2.85. The summed E-state index contributed by atoms with van der Waals surface area (Å²) >= 11 is 0. The zero-order valence-electron chi connectivity index (χ0n) is 12.4. The van der Waals surface area contributed by atoms with Crippen LogP contribution < -0.4 is 11.1 Å². The molecule has 1 aromatic rings. The Balaban J connectivity index is 2.13. The molecule has 0 aliphatic carbocycles. The minimum Gasteiger partial charge on any atom is -0.409 e. The Morgan fingerprint density at radius 1 is 1.38 bits per heavy atom. The monoisotopic (exact) mass is 296 g/mol. The number of oxime groups is 1. The first-order valence-corrected chi connectivity index (χ1v) is 6.98. The van der Waals surface area contributed by atoms with E-state index in [2.05, 4.69) is 15.5 Å². The third-order valence-electron chi connectivity index (χ3n) is 2.85. The summed E-state index contributed by atoms with van der Waals surface area (Å²) in [5.74, 6) is 0.0186. The Bertz CT molecular complexity index is 426. The highest BCUT2D eigenvalue weighted by Crippen LogP contribution is 2.01. The van der Waals surface area contributed by atoms with E-state index >= 15 is 0 Å². The van der Waals surface area contributed by atoms with Crippen LogP contribution in [0.3, 0.4) is 0 Å². The van der Waals surface area contributed by atoms with Crippen molar-refractivity contribution < 1.29 is 14.7 Å². The molecule has 0 radical (unpaired) electrons. The lowest BCUT2D eigenvalue weighted by molar-refractivity contribution is 0.0688. The van der Waals surface area contributed by atoms with E-state index in [9.17, 15) is 0 Å². The average Bonchev–Trinajstić information content (AvgIpc) is 2.53. The van der Waals surface area contributed by atoms with Crippen molar-refractivity contribution in [2.24, 2.45) is 10.9 Å². The fraction of sp³-hybridized carbons (Fsp3) is 0.571. The summed E-state index contributed by atoms with van der Waals surface area (Å²) in [5.41, 5.74) is 7.02. The molecule has 0 saturated carbocycles. The Kier molecular flexibility index (Phi) is 9.10. The molecule has 7 heteroatoms. The van der Waals surface area contributed by atoms with E-state index < -0.39 is 0 Å². The minimum atomic E-state index is 0.0186. The van der Waals surface area contributed by atoms with Crippen molar-refractivity contribution in [1.29, 1.82) is 0 Å². The van der Waals surface area contributed by atoms with E-state index in [1.54, 1.807) is 19.4 Å². The second-order valence-electron chi connectivity index (χ2n) is 4.52. The lowest BCUT2D eigenvalue weighted by Gasteiger charge is -2.07. The molecule has 0 amide bonds. The van der Waals surface area contributed by atoms with Crippen LogP contribution in [0, 0.1) is 0 Å². The number of nitrogens with one attached hydrogen (secondary N) is 1. The van der Waals surface area contributed by atoms with Gasteiger partial charge in [0.05, 0.1) is 13.2 Å². The van der Waals surface area contributed by atoms with Gasteiger partial charge in [0, 0.05) is 26.5 Å². The fourth-order valence-electron chi connectivity index (χ4n) is 1.71. The van der Waals surface area contributed by atoms with Gasteiger partial charge in [0.25, 0.3) is 0 Å². The summed E-state index contributed by atoms with van der Waals surface area (Å²) < 4.78 is 10.3. The molecule has 0 aliphatic rings. The lowest BCUT2D eigenvalue weighted by atomic mass is 10.2. The molecule has 118 valence electrons. The highest BCUT2D eigenvalue weighted by Gasteiger charge is 2.01. The van der Waals surface area contributed by atoms with Crippen LogP contribution in [0.4, 0.5) is 0 Å². The highest BCUT2D eigenvalue weighted by atomic mass is 16.5. The molecule has 1 rings (SSSR count). The molecule has 0 aromatic carbocycles. The van der Waals surface area contributed by atoms with E-state index in [1.807, 2.05) is 6.07 Å².